The molecule has 0 radical (unpaired) electrons. The van der Waals surface area contributed by atoms with E-state index in [4.69, 9.17) is 0 Å². The number of carbonyl (C=O) groups excluding carboxylic acids is 1. The molecule has 0 aliphatic carbocycles. The minimum absolute atomic E-state index is 0.142. The van der Waals surface area contributed by atoms with Crippen LogP contribution in [0.25, 0.3) is 0 Å². The average molecular weight is 204 g/mol. The number of para-hydroxylation sites is 1. The summed E-state index contributed by atoms with van der Waals surface area (Å²) in [5, 5.41) is 2.68. The van der Waals surface area contributed by atoms with Crippen molar-refractivity contribution in [1.82, 2.24) is 5.32 Å². The van der Waals surface area contributed by atoms with Crippen LogP contribution in [0.3, 0.4) is 0 Å². The van der Waals surface area contributed by atoms with Gasteiger partial charge in [0.25, 0.3) is 0 Å². The number of nitrogens with zero attached hydrogens (tertiary/aromatic N) is 1. The van der Waals surface area contributed by atoms with E-state index in [1.54, 1.807) is 11.8 Å². The molecule has 2 amide bonds. The second-order valence-corrected chi connectivity index (χ2v) is 3.29. The Labute approximate surface area is 90.4 Å². The summed E-state index contributed by atoms with van der Waals surface area (Å²) in [7, 11) is 0. The Kier molecular flexibility index (Phi) is 3.92. The van der Waals surface area contributed by atoms with Gasteiger partial charge in [0.2, 0.25) is 0 Å². The van der Waals surface area contributed by atoms with Crippen molar-refractivity contribution in [3.05, 3.63) is 42.6 Å². The third-order valence-electron chi connectivity index (χ3n) is 1.95. The second-order valence-electron chi connectivity index (χ2n) is 3.29. The molecular formula is C12H16N2O. The lowest BCUT2D eigenvalue weighted by atomic mass is 10.3. The second kappa shape index (κ2) is 5.20. The summed E-state index contributed by atoms with van der Waals surface area (Å²) in [4.78, 5) is 13.4. The largest absolute Gasteiger partial charge is 0.326 e. The van der Waals surface area contributed by atoms with Crippen molar-refractivity contribution in [1.29, 1.82) is 0 Å². The fourth-order valence-corrected chi connectivity index (χ4v) is 1.30. The predicted octanol–water partition coefficient (Wildman–Crippen LogP) is 2.76. The normalized spacial score (nSPS) is 9.47. The highest BCUT2D eigenvalue weighted by molar-refractivity contribution is 5.92. The zero-order valence-corrected chi connectivity index (χ0v) is 9.16. The van der Waals surface area contributed by atoms with Crippen LogP contribution in [-0.4, -0.2) is 12.6 Å². The molecule has 0 heterocycles. The monoisotopic (exact) mass is 204 g/mol. The maximum atomic E-state index is 11.7. The van der Waals surface area contributed by atoms with Crippen molar-refractivity contribution >= 4 is 11.7 Å². The number of rotatable bonds is 3. The van der Waals surface area contributed by atoms with Gasteiger partial charge in [0.1, 0.15) is 0 Å². The van der Waals surface area contributed by atoms with E-state index in [-0.39, 0.29) is 6.03 Å². The van der Waals surface area contributed by atoms with Gasteiger partial charge in [-0.25, -0.2) is 4.79 Å². The van der Waals surface area contributed by atoms with Gasteiger partial charge in [-0.3, -0.25) is 4.90 Å². The quantitative estimate of drug-likeness (QED) is 0.806. The van der Waals surface area contributed by atoms with Crippen molar-refractivity contribution in [2.45, 2.75) is 13.8 Å². The van der Waals surface area contributed by atoms with Crippen LogP contribution < -0.4 is 10.2 Å². The topological polar surface area (TPSA) is 32.3 Å². The maximum absolute atomic E-state index is 11.7. The summed E-state index contributed by atoms with van der Waals surface area (Å²) < 4.78 is 0. The van der Waals surface area contributed by atoms with Gasteiger partial charge in [-0.2, -0.15) is 0 Å². The molecule has 1 aromatic carbocycles. The Bertz CT molecular complexity index is 346. The fraction of sp³-hybridized carbons (Fsp3) is 0.250. The number of nitrogens with one attached hydrogen (secondary N) is 1. The summed E-state index contributed by atoms with van der Waals surface area (Å²) in [5.41, 5.74) is 1.54. The minimum Gasteiger partial charge on any atom is -0.312 e. The van der Waals surface area contributed by atoms with E-state index in [9.17, 15) is 4.79 Å². The smallest absolute Gasteiger partial charge is 0.312 e. The Morgan fingerprint density at radius 2 is 2.00 bits per heavy atom. The lowest BCUT2D eigenvalue weighted by Gasteiger charge is -2.21. The van der Waals surface area contributed by atoms with Crippen LogP contribution in [0.1, 0.15) is 13.8 Å². The van der Waals surface area contributed by atoms with E-state index in [0.717, 1.165) is 5.69 Å². The standard InChI is InChI=1S/C12H16N2O/c1-4-14(12(15)13-10(2)3)11-8-6-5-7-9-11/h5-9H,2,4H2,1,3H3,(H,13,15). The van der Waals surface area contributed by atoms with E-state index in [1.807, 2.05) is 37.3 Å². The first-order valence-corrected chi connectivity index (χ1v) is 4.94. The molecule has 1 aromatic rings. The molecule has 1 rings (SSSR count). The molecule has 0 aromatic heterocycles. The van der Waals surface area contributed by atoms with Crippen LogP contribution in [0, 0.1) is 0 Å². The van der Waals surface area contributed by atoms with E-state index < -0.39 is 0 Å². The van der Waals surface area contributed by atoms with E-state index >= 15 is 0 Å². The van der Waals surface area contributed by atoms with Gasteiger partial charge < -0.3 is 5.32 Å². The molecule has 1 N–H and O–H groups in total. The van der Waals surface area contributed by atoms with Gasteiger partial charge in [0.05, 0.1) is 0 Å². The molecule has 0 atom stereocenters. The highest BCUT2D eigenvalue weighted by Gasteiger charge is 2.12. The maximum Gasteiger partial charge on any atom is 0.326 e. The van der Waals surface area contributed by atoms with Gasteiger partial charge in [-0.1, -0.05) is 24.8 Å². The third-order valence-corrected chi connectivity index (χ3v) is 1.95. The highest BCUT2D eigenvalue weighted by Crippen LogP contribution is 2.12. The van der Waals surface area contributed by atoms with Gasteiger partial charge in [-0.05, 0) is 26.0 Å². The molecule has 0 saturated carbocycles. The molecular weight excluding hydrogens is 188 g/mol. The number of benzene rings is 1. The lowest BCUT2D eigenvalue weighted by molar-refractivity contribution is 0.249. The first kappa shape index (κ1) is 11.3. The molecule has 0 unspecified atom stereocenters. The molecule has 3 heteroatoms. The predicted molar refractivity (Wildman–Crippen MR) is 62.8 cm³/mol. The van der Waals surface area contributed by atoms with Crippen LogP contribution in [0.5, 0.6) is 0 Å². The van der Waals surface area contributed by atoms with E-state index in [1.165, 1.54) is 0 Å². The summed E-state index contributed by atoms with van der Waals surface area (Å²) in [6, 6.07) is 9.41. The molecule has 0 fully saturated rings. The molecule has 15 heavy (non-hydrogen) atoms. The number of carbonyl (C=O) groups is 1. The summed E-state index contributed by atoms with van der Waals surface area (Å²) >= 11 is 0. The van der Waals surface area contributed by atoms with Crippen molar-refractivity contribution in [3.63, 3.8) is 0 Å². The van der Waals surface area contributed by atoms with E-state index in [0.29, 0.717) is 12.2 Å². The number of urea groups is 1. The number of hydrogen-bond acceptors (Lipinski definition) is 1. The highest BCUT2D eigenvalue weighted by atomic mass is 16.2. The molecule has 0 bridgehead atoms. The zero-order valence-electron chi connectivity index (χ0n) is 9.16. The van der Waals surface area contributed by atoms with E-state index in [2.05, 4.69) is 11.9 Å². The van der Waals surface area contributed by atoms with Gasteiger partial charge in [0, 0.05) is 17.9 Å². The third kappa shape index (κ3) is 3.13. The van der Waals surface area contributed by atoms with Crippen LogP contribution in [0.4, 0.5) is 10.5 Å². The van der Waals surface area contributed by atoms with Gasteiger partial charge in [-0.15, -0.1) is 0 Å². The number of hydrogen-bond donors (Lipinski definition) is 1. The molecule has 0 spiro atoms. The first-order chi connectivity index (χ1) is 7.15. The zero-order chi connectivity index (χ0) is 11.3. The van der Waals surface area contributed by atoms with Crippen LogP contribution >= 0.6 is 0 Å². The molecule has 0 aliphatic rings. The average Bonchev–Trinajstić information content (AvgIpc) is 2.19. The van der Waals surface area contributed by atoms with Crippen molar-refractivity contribution in [2.24, 2.45) is 0 Å². The fourth-order valence-electron chi connectivity index (χ4n) is 1.30. The van der Waals surface area contributed by atoms with Gasteiger partial charge in [0.15, 0.2) is 0 Å². The SMILES string of the molecule is C=C(C)NC(=O)N(CC)c1ccccc1. The van der Waals surface area contributed by atoms with Crippen molar-refractivity contribution in [2.75, 3.05) is 11.4 Å². The number of allylic oxidation sites excluding steroid dienone is 1. The minimum atomic E-state index is -0.142. The summed E-state index contributed by atoms with van der Waals surface area (Å²) in [5.74, 6) is 0. The summed E-state index contributed by atoms with van der Waals surface area (Å²) in [6.07, 6.45) is 0. The van der Waals surface area contributed by atoms with Gasteiger partial charge >= 0.3 is 6.03 Å². The molecule has 3 nitrogen and oxygen atoms in total. The number of amides is 2. The van der Waals surface area contributed by atoms with Crippen molar-refractivity contribution in [3.8, 4) is 0 Å². The number of anilines is 1. The Morgan fingerprint density at radius 3 is 2.47 bits per heavy atom. The Hall–Kier alpha value is -1.77. The molecule has 0 saturated heterocycles. The Morgan fingerprint density at radius 1 is 1.40 bits per heavy atom. The first-order valence-electron chi connectivity index (χ1n) is 4.94. The van der Waals surface area contributed by atoms with Crippen LogP contribution in [0.15, 0.2) is 42.6 Å². The molecule has 80 valence electrons. The van der Waals surface area contributed by atoms with Crippen LogP contribution in [0.2, 0.25) is 0 Å². The Balaban J connectivity index is 2.80. The van der Waals surface area contributed by atoms with Crippen molar-refractivity contribution < 1.29 is 4.79 Å². The van der Waals surface area contributed by atoms with Crippen LogP contribution in [-0.2, 0) is 0 Å². The summed E-state index contributed by atoms with van der Waals surface area (Å²) in [6.45, 7) is 7.97. The molecule has 0 aliphatic heterocycles. The lowest BCUT2D eigenvalue weighted by Crippen LogP contribution is -2.38.